The lowest BCUT2D eigenvalue weighted by atomic mass is 9.85. The normalized spacial score (nSPS) is 24.7. The molecule has 1 saturated carbocycles. The fraction of sp³-hybridized carbons (Fsp3) is 0.857. The first-order valence-electron chi connectivity index (χ1n) is 7.12. The van der Waals surface area contributed by atoms with Crippen molar-refractivity contribution < 1.29 is 23.7 Å². The number of carbonyl (C=O) groups excluding carboxylic acids is 1. The summed E-state index contributed by atoms with van der Waals surface area (Å²) >= 11 is 0. The van der Waals surface area contributed by atoms with Gasteiger partial charge in [0.25, 0.3) is 5.79 Å². The van der Waals surface area contributed by atoms with Crippen molar-refractivity contribution in [3.05, 3.63) is 11.4 Å². The average molecular weight is 285 g/mol. The Balaban J connectivity index is 3.07. The largest absolute Gasteiger partial charge is 0.514 e. The number of hydrogen-bond donors (Lipinski definition) is 0. The average Bonchev–Trinajstić information content (AvgIpc) is 2.42. The van der Waals surface area contributed by atoms with Crippen LogP contribution in [0.2, 0.25) is 0 Å². The van der Waals surface area contributed by atoms with Crippen LogP contribution in [0.5, 0.6) is 0 Å². The Hall–Kier alpha value is -1.32. The van der Waals surface area contributed by atoms with E-state index in [0.29, 0.717) is 26.1 Å². The number of hydrogen-bond acceptors (Lipinski definition) is 5. The van der Waals surface area contributed by atoms with Gasteiger partial charge in [0.05, 0.1) is 13.0 Å². The molecule has 0 aromatic heterocycles. The Labute approximate surface area is 120 Å². The van der Waals surface area contributed by atoms with Gasteiger partial charge in [-0.05, 0) is 33.6 Å². The highest BCUT2D eigenvalue weighted by Crippen LogP contribution is 2.45. The van der Waals surface area contributed by atoms with Gasteiger partial charge in [-0.15, -0.1) is 0 Å². The Morgan fingerprint density at radius 3 is 2.20 bits per heavy atom. The lowest BCUT2D eigenvalue weighted by Gasteiger charge is -2.42. The fourth-order valence-corrected chi connectivity index (χ4v) is 2.56. The third-order valence-corrected chi connectivity index (χ3v) is 3.32. The van der Waals surface area contributed by atoms with Crippen LogP contribution in [-0.4, -0.2) is 37.5 Å². The quantitative estimate of drug-likeness (QED) is 0.426. The van der Waals surface area contributed by atoms with Gasteiger partial charge in [-0.1, -0.05) is 0 Å². The van der Waals surface area contributed by atoms with Crippen LogP contribution in [-0.2, 0) is 18.9 Å². The van der Waals surface area contributed by atoms with Crippen LogP contribution in [0.1, 0.15) is 46.5 Å². The van der Waals surface area contributed by atoms with Crippen molar-refractivity contribution in [3.8, 4) is 0 Å². The third kappa shape index (κ3) is 3.22. The Kier molecular flexibility index (Phi) is 6.24. The van der Waals surface area contributed by atoms with E-state index in [1.54, 1.807) is 6.92 Å². The first-order chi connectivity index (χ1) is 9.59. The second-order valence-corrected chi connectivity index (χ2v) is 4.51. The van der Waals surface area contributed by atoms with Crippen LogP contribution in [0.25, 0.3) is 4.85 Å². The Bertz CT molecular complexity index is 354. The molecule has 114 valence electrons. The number of rotatable bonds is 6. The molecule has 1 aliphatic carbocycles. The van der Waals surface area contributed by atoms with Crippen LogP contribution in [0, 0.1) is 6.57 Å². The number of ether oxygens (including phenoxy) is 4. The maximum absolute atomic E-state index is 11.7. The zero-order valence-electron chi connectivity index (χ0n) is 12.4. The van der Waals surface area contributed by atoms with Gasteiger partial charge in [0, 0.05) is 19.6 Å². The summed E-state index contributed by atoms with van der Waals surface area (Å²) in [6.07, 6.45) is 1.70. The van der Waals surface area contributed by atoms with E-state index in [9.17, 15) is 4.79 Å². The van der Waals surface area contributed by atoms with Crippen LogP contribution in [0.3, 0.4) is 0 Å². The van der Waals surface area contributed by atoms with E-state index in [1.807, 2.05) is 13.8 Å². The van der Waals surface area contributed by atoms with E-state index >= 15 is 0 Å². The van der Waals surface area contributed by atoms with Crippen LogP contribution >= 0.6 is 0 Å². The molecule has 6 nitrogen and oxygen atoms in total. The van der Waals surface area contributed by atoms with Gasteiger partial charge >= 0.3 is 11.9 Å². The summed E-state index contributed by atoms with van der Waals surface area (Å²) < 4.78 is 21.6. The molecule has 1 fully saturated rings. The highest BCUT2D eigenvalue weighted by atomic mass is 16.8. The second-order valence-electron chi connectivity index (χ2n) is 4.51. The molecule has 0 N–H and O–H groups in total. The van der Waals surface area contributed by atoms with Crippen molar-refractivity contribution in [1.82, 2.24) is 0 Å². The van der Waals surface area contributed by atoms with Crippen molar-refractivity contribution in [2.24, 2.45) is 0 Å². The molecule has 0 radical (unpaired) electrons. The summed E-state index contributed by atoms with van der Waals surface area (Å²) in [5.41, 5.74) is -1.47. The van der Waals surface area contributed by atoms with Crippen LogP contribution in [0.15, 0.2) is 0 Å². The van der Waals surface area contributed by atoms with Crippen LogP contribution in [0.4, 0.5) is 4.79 Å². The molecule has 1 unspecified atom stereocenters. The maximum Gasteiger partial charge on any atom is 0.514 e. The molecule has 0 aliphatic heterocycles. The van der Waals surface area contributed by atoms with Gasteiger partial charge in [0.15, 0.2) is 0 Å². The molecule has 0 saturated heterocycles. The zero-order chi connectivity index (χ0) is 15.1. The molecule has 0 aromatic rings. The summed E-state index contributed by atoms with van der Waals surface area (Å²) in [6, 6.07) is 0. The molecule has 1 atom stereocenters. The fourth-order valence-electron chi connectivity index (χ4n) is 2.56. The van der Waals surface area contributed by atoms with E-state index in [4.69, 9.17) is 25.5 Å². The van der Waals surface area contributed by atoms with Crippen LogP contribution < -0.4 is 0 Å². The smallest absolute Gasteiger partial charge is 0.434 e. The number of carbonyl (C=O) groups is 1. The lowest BCUT2D eigenvalue weighted by Crippen LogP contribution is -2.60. The summed E-state index contributed by atoms with van der Waals surface area (Å²) in [6.45, 7) is 13.8. The van der Waals surface area contributed by atoms with E-state index in [0.717, 1.165) is 12.8 Å². The Morgan fingerprint density at radius 2 is 1.70 bits per heavy atom. The first-order valence-corrected chi connectivity index (χ1v) is 7.12. The predicted octanol–water partition coefficient (Wildman–Crippen LogP) is 3.12. The maximum atomic E-state index is 11.7. The molecular formula is C14H23NO5. The Morgan fingerprint density at radius 1 is 1.10 bits per heavy atom. The van der Waals surface area contributed by atoms with Gasteiger partial charge in [-0.3, -0.25) is 4.85 Å². The van der Waals surface area contributed by atoms with E-state index in [-0.39, 0.29) is 6.61 Å². The van der Waals surface area contributed by atoms with Crippen molar-refractivity contribution in [2.45, 2.75) is 58.0 Å². The van der Waals surface area contributed by atoms with Crippen molar-refractivity contribution in [2.75, 3.05) is 19.8 Å². The van der Waals surface area contributed by atoms with Crippen molar-refractivity contribution >= 4 is 6.16 Å². The molecule has 0 heterocycles. The highest BCUT2D eigenvalue weighted by Gasteiger charge is 2.65. The summed E-state index contributed by atoms with van der Waals surface area (Å²) in [7, 11) is 0. The minimum absolute atomic E-state index is 0.198. The minimum atomic E-state index is -1.47. The highest BCUT2D eigenvalue weighted by molar-refractivity contribution is 5.61. The van der Waals surface area contributed by atoms with Gasteiger partial charge < -0.3 is 18.9 Å². The van der Waals surface area contributed by atoms with Crippen molar-refractivity contribution in [1.29, 1.82) is 0 Å². The van der Waals surface area contributed by atoms with Gasteiger partial charge in [0.1, 0.15) is 0 Å². The second kappa shape index (κ2) is 7.46. The molecule has 20 heavy (non-hydrogen) atoms. The summed E-state index contributed by atoms with van der Waals surface area (Å²) in [5, 5.41) is 0. The molecule has 1 rings (SSSR count). The SMILES string of the molecule is [C-]#[N+]C1(OC(=O)OCC)CCCCC1(OCC)OCC. The summed E-state index contributed by atoms with van der Waals surface area (Å²) in [4.78, 5) is 15.2. The third-order valence-electron chi connectivity index (χ3n) is 3.32. The van der Waals surface area contributed by atoms with E-state index < -0.39 is 17.7 Å². The molecular weight excluding hydrogens is 262 g/mol. The summed E-state index contributed by atoms with van der Waals surface area (Å²) in [5.74, 6) is -1.21. The minimum Gasteiger partial charge on any atom is -0.434 e. The van der Waals surface area contributed by atoms with E-state index in [2.05, 4.69) is 4.85 Å². The number of nitrogens with zero attached hydrogens (tertiary/aromatic N) is 1. The molecule has 1 aliphatic rings. The zero-order valence-corrected chi connectivity index (χ0v) is 12.4. The standard InChI is InChI=1S/C14H23NO5/c1-5-17-12(16)20-13(15-4)10-8-9-11-14(13,18-6-2)19-7-3/h5-11H2,1-3H3. The monoisotopic (exact) mass is 285 g/mol. The first kappa shape index (κ1) is 16.7. The van der Waals surface area contributed by atoms with Crippen molar-refractivity contribution in [3.63, 3.8) is 0 Å². The van der Waals surface area contributed by atoms with E-state index in [1.165, 1.54) is 0 Å². The molecule has 0 aromatic carbocycles. The van der Waals surface area contributed by atoms with Gasteiger partial charge in [0.2, 0.25) is 0 Å². The molecule has 6 heteroatoms. The predicted molar refractivity (Wildman–Crippen MR) is 71.9 cm³/mol. The van der Waals surface area contributed by atoms with Gasteiger partial charge in [-0.25, -0.2) is 11.4 Å². The lowest BCUT2D eigenvalue weighted by molar-refractivity contribution is -0.320. The topological polar surface area (TPSA) is 58.4 Å². The molecule has 0 amide bonds. The molecule has 0 bridgehead atoms. The molecule has 0 spiro atoms. The van der Waals surface area contributed by atoms with Gasteiger partial charge in [-0.2, -0.15) is 0 Å².